The SMILES string of the molecule is O=C1CC2(CN1)CN(C(=O)CO)C2. The zero-order chi connectivity index (χ0) is 9.47. The van der Waals surface area contributed by atoms with Crippen LogP contribution in [0.25, 0.3) is 0 Å². The number of hydrogen-bond acceptors (Lipinski definition) is 3. The Hall–Kier alpha value is -1.10. The zero-order valence-corrected chi connectivity index (χ0v) is 7.25. The second-order valence-corrected chi connectivity index (χ2v) is 3.86. The lowest BCUT2D eigenvalue weighted by atomic mass is 9.79. The number of carbonyl (C=O) groups excluding carboxylic acids is 2. The Bertz CT molecular complexity index is 258. The molecule has 2 rings (SSSR count). The molecular formula is C8H12N2O3. The topological polar surface area (TPSA) is 69.6 Å². The highest BCUT2D eigenvalue weighted by Gasteiger charge is 2.49. The van der Waals surface area contributed by atoms with Crippen LogP contribution in [-0.4, -0.2) is 48.1 Å². The second-order valence-electron chi connectivity index (χ2n) is 3.86. The maximum Gasteiger partial charge on any atom is 0.248 e. The summed E-state index contributed by atoms with van der Waals surface area (Å²) >= 11 is 0. The van der Waals surface area contributed by atoms with E-state index in [4.69, 9.17) is 5.11 Å². The van der Waals surface area contributed by atoms with Crippen molar-refractivity contribution >= 4 is 11.8 Å². The van der Waals surface area contributed by atoms with Gasteiger partial charge >= 0.3 is 0 Å². The summed E-state index contributed by atoms with van der Waals surface area (Å²) in [5, 5.41) is 11.3. The van der Waals surface area contributed by atoms with Crippen LogP contribution < -0.4 is 5.32 Å². The number of hydrogen-bond donors (Lipinski definition) is 2. The molecular weight excluding hydrogens is 172 g/mol. The molecule has 2 heterocycles. The van der Waals surface area contributed by atoms with E-state index in [0.717, 1.165) is 0 Å². The minimum Gasteiger partial charge on any atom is -0.387 e. The van der Waals surface area contributed by atoms with Crippen LogP contribution in [0.1, 0.15) is 6.42 Å². The van der Waals surface area contributed by atoms with Crippen LogP contribution in [0.5, 0.6) is 0 Å². The van der Waals surface area contributed by atoms with Gasteiger partial charge in [0.1, 0.15) is 6.61 Å². The zero-order valence-electron chi connectivity index (χ0n) is 7.25. The number of nitrogens with one attached hydrogen (secondary N) is 1. The van der Waals surface area contributed by atoms with Gasteiger partial charge in [-0.3, -0.25) is 9.59 Å². The van der Waals surface area contributed by atoms with Gasteiger partial charge in [0.05, 0.1) is 0 Å². The van der Waals surface area contributed by atoms with Crippen LogP contribution in [0.2, 0.25) is 0 Å². The predicted octanol–water partition coefficient (Wildman–Crippen LogP) is -1.67. The van der Waals surface area contributed by atoms with Gasteiger partial charge < -0.3 is 15.3 Å². The van der Waals surface area contributed by atoms with Crippen molar-refractivity contribution in [3.63, 3.8) is 0 Å². The molecule has 1 spiro atoms. The lowest BCUT2D eigenvalue weighted by Crippen LogP contribution is -2.60. The first kappa shape index (κ1) is 8.50. The first-order valence-corrected chi connectivity index (χ1v) is 4.31. The first-order valence-electron chi connectivity index (χ1n) is 4.31. The van der Waals surface area contributed by atoms with Crippen molar-refractivity contribution in [2.24, 2.45) is 5.41 Å². The van der Waals surface area contributed by atoms with Gasteiger partial charge in [0.2, 0.25) is 11.8 Å². The molecule has 0 radical (unpaired) electrons. The van der Waals surface area contributed by atoms with Crippen molar-refractivity contribution in [3.05, 3.63) is 0 Å². The predicted molar refractivity (Wildman–Crippen MR) is 43.7 cm³/mol. The van der Waals surface area contributed by atoms with E-state index in [2.05, 4.69) is 5.32 Å². The highest BCUT2D eigenvalue weighted by molar-refractivity contribution is 5.82. The first-order chi connectivity index (χ1) is 6.15. The molecule has 72 valence electrons. The molecule has 0 atom stereocenters. The minimum atomic E-state index is -0.433. The van der Waals surface area contributed by atoms with Crippen LogP contribution >= 0.6 is 0 Å². The van der Waals surface area contributed by atoms with Crippen LogP contribution in [0.3, 0.4) is 0 Å². The molecule has 0 aliphatic carbocycles. The molecule has 13 heavy (non-hydrogen) atoms. The minimum absolute atomic E-state index is 0.0259. The van der Waals surface area contributed by atoms with Gasteiger partial charge in [0, 0.05) is 31.5 Å². The van der Waals surface area contributed by atoms with Gasteiger partial charge in [-0.15, -0.1) is 0 Å². The van der Waals surface area contributed by atoms with Crippen LogP contribution in [0.4, 0.5) is 0 Å². The third kappa shape index (κ3) is 1.29. The van der Waals surface area contributed by atoms with Crippen molar-refractivity contribution in [2.75, 3.05) is 26.2 Å². The van der Waals surface area contributed by atoms with Crippen LogP contribution in [-0.2, 0) is 9.59 Å². The van der Waals surface area contributed by atoms with Gasteiger partial charge in [-0.1, -0.05) is 0 Å². The molecule has 0 aromatic rings. The molecule has 0 bridgehead atoms. The Labute approximate surface area is 75.7 Å². The summed E-state index contributed by atoms with van der Waals surface area (Å²) in [7, 11) is 0. The molecule has 2 N–H and O–H groups in total. The van der Waals surface area contributed by atoms with Crippen LogP contribution in [0, 0.1) is 5.41 Å². The fourth-order valence-corrected chi connectivity index (χ4v) is 2.02. The molecule has 0 aromatic heterocycles. The molecule has 0 unspecified atom stereocenters. The fourth-order valence-electron chi connectivity index (χ4n) is 2.02. The molecule has 2 saturated heterocycles. The number of amides is 2. The van der Waals surface area contributed by atoms with Gasteiger partial charge in [-0.05, 0) is 0 Å². The Morgan fingerprint density at radius 2 is 2.31 bits per heavy atom. The second kappa shape index (κ2) is 2.70. The van der Waals surface area contributed by atoms with E-state index in [1.54, 1.807) is 4.90 Å². The monoisotopic (exact) mass is 184 g/mol. The largest absolute Gasteiger partial charge is 0.387 e. The Balaban J connectivity index is 1.90. The third-order valence-corrected chi connectivity index (χ3v) is 2.74. The smallest absolute Gasteiger partial charge is 0.248 e. The number of nitrogens with zero attached hydrogens (tertiary/aromatic N) is 1. The molecule has 2 fully saturated rings. The van der Waals surface area contributed by atoms with E-state index in [1.807, 2.05) is 0 Å². The lowest BCUT2D eigenvalue weighted by molar-refractivity contribution is -0.146. The summed E-state index contributed by atoms with van der Waals surface area (Å²) in [6.45, 7) is 1.44. The van der Waals surface area contributed by atoms with E-state index in [9.17, 15) is 9.59 Å². The number of likely N-dealkylation sites (tertiary alicyclic amines) is 1. The molecule has 5 nitrogen and oxygen atoms in total. The number of rotatable bonds is 1. The summed E-state index contributed by atoms with van der Waals surface area (Å²) in [6.07, 6.45) is 0.516. The summed E-state index contributed by atoms with van der Waals surface area (Å²) in [5.74, 6) is -0.180. The van der Waals surface area contributed by atoms with Crippen molar-refractivity contribution in [1.82, 2.24) is 10.2 Å². The Kier molecular flexibility index (Phi) is 1.76. The lowest BCUT2D eigenvalue weighted by Gasteiger charge is -2.46. The summed E-state index contributed by atoms with van der Waals surface area (Å²) in [6, 6.07) is 0. The van der Waals surface area contributed by atoms with Crippen molar-refractivity contribution in [2.45, 2.75) is 6.42 Å². The highest BCUT2D eigenvalue weighted by Crippen LogP contribution is 2.36. The average Bonchev–Trinajstić information content (AvgIpc) is 2.43. The van der Waals surface area contributed by atoms with Crippen molar-refractivity contribution in [3.8, 4) is 0 Å². The maximum absolute atomic E-state index is 11.0. The fraction of sp³-hybridized carbons (Fsp3) is 0.750. The normalized spacial score (nSPS) is 24.4. The van der Waals surface area contributed by atoms with Crippen LogP contribution in [0.15, 0.2) is 0 Å². The van der Waals surface area contributed by atoms with E-state index < -0.39 is 6.61 Å². The Morgan fingerprint density at radius 1 is 1.62 bits per heavy atom. The molecule has 5 heteroatoms. The summed E-state index contributed by atoms with van der Waals surface area (Å²) in [5.41, 5.74) is -0.0259. The van der Waals surface area contributed by atoms with Crippen molar-refractivity contribution < 1.29 is 14.7 Å². The number of aliphatic hydroxyl groups excluding tert-OH is 1. The average molecular weight is 184 g/mol. The third-order valence-electron chi connectivity index (χ3n) is 2.74. The van der Waals surface area contributed by atoms with E-state index in [-0.39, 0.29) is 17.2 Å². The highest BCUT2D eigenvalue weighted by atomic mass is 16.3. The molecule has 2 aliphatic rings. The van der Waals surface area contributed by atoms with Gasteiger partial charge in [0.15, 0.2) is 0 Å². The standard InChI is InChI=1S/C8H12N2O3/c11-2-7(13)10-4-8(5-10)1-6(12)9-3-8/h11H,1-5H2,(H,9,12). The molecule has 2 aliphatic heterocycles. The van der Waals surface area contributed by atoms with Gasteiger partial charge in [-0.2, -0.15) is 0 Å². The van der Waals surface area contributed by atoms with E-state index in [1.165, 1.54) is 0 Å². The molecule has 0 saturated carbocycles. The van der Waals surface area contributed by atoms with Gasteiger partial charge in [-0.25, -0.2) is 0 Å². The summed E-state index contributed by atoms with van der Waals surface area (Å²) in [4.78, 5) is 23.5. The van der Waals surface area contributed by atoms with E-state index in [0.29, 0.717) is 26.1 Å². The Morgan fingerprint density at radius 3 is 2.77 bits per heavy atom. The number of aliphatic hydroxyl groups is 1. The van der Waals surface area contributed by atoms with Gasteiger partial charge in [0.25, 0.3) is 0 Å². The van der Waals surface area contributed by atoms with E-state index >= 15 is 0 Å². The maximum atomic E-state index is 11.0. The van der Waals surface area contributed by atoms with Crippen molar-refractivity contribution in [1.29, 1.82) is 0 Å². The quantitative estimate of drug-likeness (QED) is 0.512. The summed E-state index contributed by atoms with van der Waals surface area (Å²) < 4.78 is 0. The molecule has 2 amide bonds. The number of carbonyl (C=O) groups is 2. The molecule has 0 aromatic carbocycles.